The lowest BCUT2D eigenvalue weighted by atomic mass is 10.1. The van der Waals surface area contributed by atoms with E-state index in [9.17, 15) is 23.7 Å². The molecule has 6 nitrogen and oxygen atoms in total. The molecule has 1 atom stereocenters. The standard InChI is InChI=1S/C12H13F2N3O3/c13-9-4-8(11(17(19)20)5-10(9)14)12(18)16-3-1-2-7(16)6-15/h4-5,7H,1-3,6,15H2. The van der Waals surface area contributed by atoms with Gasteiger partial charge in [-0.1, -0.05) is 0 Å². The van der Waals surface area contributed by atoms with Gasteiger partial charge in [-0.05, 0) is 18.9 Å². The Bertz CT molecular complexity index is 565. The van der Waals surface area contributed by atoms with Crippen LogP contribution in [-0.2, 0) is 0 Å². The smallest absolute Gasteiger partial charge is 0.285 e. The van der Waals surface area contributed by atoms with Crippen molar-refractivity contribution in [2.45, 2.75) is 18.9 Å². The van der Waals surface area contributed by atoms with Crippen molar-refractivity contribution in [3.05, 3.63) is 39.4 Å². The average Bonchev–Trinajstić information content (AvgIpc) is 2.88. The zero-order valence-corrected chi connectivity index (χ0v) is 10.5. The molecule has 0 aliphatic carbocycles. The van der Waals surface area contributed by atoms with Crippen LogP contribution in [0.25, 0.3) is 0 Å². The van der Waals surface area contributed by atoms with Crippen molar-refractivity contribution in [2.24, 2.45) is 5.73 Å². The molecule has 0 spiro atoms. The molecule has 0 aromatic heterocycles. The number of benzene rings is 1. The van der Waals surface area contributed by atoms with E-state index in [2.05, 4.69) is 0 Å². The van der Waals surface area contributed by atoms with Crippen LogP contribution in [-0.4, -0.2) is 34.9 Å². The van der Waals surface area contributed by atoms with Crippen LogP contribution in [0.2, 0.25) is 0 Å². The van der Waals surface area contributed by atoms with E-state index >= 15 is 0 Å². The van der Waals surface area contributed by atoms with Gasteiger partial charge >= 0.3 is 0 Å². The number of nitrogens with zero attached hydrogens (tertiary/aromatic N) is 2. The van der Waals surface area contributed by atoms with Crippen molar-refractivity contribution >= 4 is 11.6 Å². The summed E-state index contributed by atoms with van der Waals surface area (Å²) in [7, 11) is 0. The van der Waals surface area contributed by atoms with Crippen molar-refractivity contribution in [3.8, 4) is 0 Å². The summed E-state index contributed by atoms with van der Waals surface area (Å²) in [5.74, 6) is -3.34. The topological polar surface area (TPSA) is 89.5 Å². The second kappa shape index (κ2) is 5.49. The third kappa shape index (κ3) is 2.46. The third-order valence-corrected chi connectivity index (χ3v) is 3.38. The van der Waals surface area contributed by atoms with E-state index in [0.29, 0.717) is 25.1 Å². The van der Waals surface area contributed by atoms with Crippen LogP contribution < -0.4 is 5.73 Å². The van der Waals surface area contributed by atoms with Gasteiger partial charge in [0.1, 0.15) is 5.56 Å². The fraction of sp³-hybridized carbons (Fsp3) is 0.417. The highest BCUT2D eigenvalue weighted by Gasteiger charge is 2.33. The molecule has 1 fully saturated rings. The summed E-state index contributed by atoms with van der Waals surface area (Å²) in [6.07, 6.45) is 1.42. The van der Waals surface area contributed by atoms with Gasteiger partial charge in [0.2, 0.25) is 0 Å². The number of hydrogen-bond acceptors (Lipinski definition) is 4. The molecule has 2 rings (SSSR count). The summed E-state index contributed by atoms with van der Waals surface area (Å²) in [6.45, 7) is 0.625. The molecule has 20 heavy (non-hydrogen) atoms. The van der Waals surface area contributed by atoms with Crippen LogP contribution in [0, 0.1) is 21.7 Å². The Balaban J connectivity index is 2.43. The molecule has 0 bridgehead atoms. The van der Waals surface area contributed by atoms with Gasteiger partial charge in [-0.25, -0.2) is 8.78 Å². The molecular weight excluding hydrogens is 272 g/mol. The monoisotopic (exact) mass is 285 g/mol. The second-order valence-electron chi connectivity index (χ2n) is 4.57. The highest BCUT2D eigenvalue weighted by molar-refractivity contribution is 5.98. The SMILES string of the molecule is NCC1CCCN1C(=O)c1cc(F)c(F)cc1[N+](=O)[O-]. The summed E-state index contributed by atoms with van der Waals surface area (Å²) < 4.78 is 26.3. The number of rotatable bonds is 3. The lowest BCUT2D eigenvalue weighted by Crippen LogP contribution is -2.40. The van der Waals surface area contributed by atoms with Crippen LogP contribution in [0.15, 0.2) is 12.1 Å². The van der Waals surface area contributed by atoms with Gasteiger partial charge in [0.15, 0.2) is 11.6 Å². The maximum Gasteiger partial charge on any atom is 0.285 e. The number of carbonyl (C=O) groups is 1. The molecule has 108 valence electrons. The highest BCUT2D eigenvalue weighted by Crippen LogP contribution is 2.26. The van der Waals surface area contributed by atoms with E-state index in [1.165, 1.54) is 4.90 Å². The molecule has 1 aliphatic rings. The summed E-state index contributed by atoms with van der Waals surface area (Å²) in [6, 6.07) is 0.771. The van der Waals surface area contributed by atoms with Gasteiger partial charge < -0.3 is 10.6 Å². The van der Waals surface area contributed by atoms with Gasteiger partial charge in [0.05, 0.1) is 11.0 Å². The number of likely N-dealkylation sites (tertiary alicyclic amines) is 1. The number of amides is 1. The van der Waals surface area contributed by atoms with E-state index in [0.717, 1.165) is 6.42 Å². The highest BCUT2D eigenvalue weighted by atomic mass is 19.2. The lowest BCUT2D eigenvalue weighted by Gasteiger charge is -2.23. The Morgan fingerprint density at radius 2 is 2.10 bits per heavy atom. The van der Waals surface area contributed by atoms with E-state index in [4.69, 9.17) is 5.73 Å². The minimum absolute atomic E-state index is 0.225. The molecule has 0 radical (unpaired) electrons. The van der Waals surface area contributed by atoms with Crippen LogP contribution in [0.4, 0.5) is 14.5 Å². The number of nitrogens with two attached hydrogens (primary N) is 1. The van der Waals surface area contributed by atoms with Gasteiger partial charge in [-0.15, -0.1) is 0 Å². The molecule has 0 saturated carbocycles. The summed E-state index contributed by atoms with van der Waals surface area (Å²) in [4.78, 5) is 23.6. The second-order valence-corrected chi connectivity index (χ2v) is 4.57. The normalized spacial score (nSPS) is 18.4. The summed E-state index contributed by atoms with van der Waals surface area (Å²) in [5, 5.41) is 10.9. The zero-order chi connectivity index (χ0) is 14.9. The number of nitro benzene ring substituents is 1. The Morgan fingerprint density at radius 3 is 2.70 bits per heavy atom. The first-order chi connectivity index (χ1) is 9.45. The fourth-order valence-corrected chi connectivity index (χ4v) is 2.36. The molecular formula is C12H13F2N3O3. The zero-order valence-electron chi connectivity index (χ0n) is 10.5. The Labute approximate surface area is 113 Å². The summed E-state index contributed by atoms with van der Waals surface area (Å²) >= 11 is 0. The van der Waals surface area contributed by atoms with Crippen LogP contribution in [0.5, 0.6) is 0 Å². The maximum atomic E-state index is 13.3. The first kappa shape index (κ1) is 14.3. The van der Waals surface area contributed by atoms with Crippen molar-refractivity contribution < 1.29 is 18.5 Å². The van der Waals surface area contributed by atoms with Gasteiger partial charge in [-0.3, -0.25) is 14.9 Å². The Kier molecular flexibility index (Phi) is 3.93. The van der Waals surface area contributed by atoms with Crippen LogP contribution >= 0.6 is 0 Å². The van der Waals surface area contributed by atoms with Gasteiger partial charge in [0, 0.05) is 19.1 Å². The quantitative estimate of drug-likeness (QED) is 0.672. The number of carbonyl (C=O) groups excluding carboxylic acids is 1. The third-order valence-electron chi connectivity index (χ3n) is 3.38. The van der Waals surface area contributed by atoms with Crippen molar-refractivity contribution in [1.82, 2.24) is 4.90 Å². The average molecular weight is 285 g/mol. The molecule has 1 aromatic carbocycles. The number of nitro groups is 1. The molecule has 1 saturated heterocycles. The van der Waals surface area contributed by atoms with E-state index in [-0.39, 0.29) is 12.6 Å². The molecule has 1 heterocycles. The lowest BCUT2D eigenvalue weighted by molar-refractivity contribution is -0.385. The largest absolute Gasteiger partial charge is 0.334 e. The number of halogens is 2. The van der Waals surface area contributed by atoms with E-state index < -0.39 is 33.7 Å². The molecule has 1 aliphatic heterocycles. The first-order valence-corrected chi connectivity index (χ1v) is 6.10. The van der Waals surface area contributed by atoms with E-state index in [1.807, 2.05) is 0 Å². The van der Waals surface area contributed by atoms with Crippen molar-refractivity contribution in [2.75, 3.05) is 13.1 Å². The summed E-state index contributed by atoms with van der Waals surface area (Å²) in [5.41, 5.74) is 4.34. The molecule has 8 heteroatoms. The van der Waals surface area contributed by atoms with Crippen molar-refractivity contribution in [1.29, 1.82) is 0 Å². The minimum Gasteiger partial charge on any atom is -0.334 e. The Hall–Kier alpha value is -2.09. The minimum atomic E-state index is -1.36. The predicted octanol–water partition coefficient (Wildman–Crippen LogP) is 1.44. The van der Waals surface area contributed by atoms with Gasteiger partial charge in [-0.2, -0.15) is 0 Å². The fourth-order valence-electron chi connectivity index (χ4n) is 2.36. The molecule has 1 aromatic rings. The number of hydrogen-bond donors (Lipinski definition) is 1. The van der Waals surface area contributed by atoms with Gasteiger partial charge in [0.25, 0.3) is 11.6 Å². The maximum absolute atomic E-state index is 13.3. The predicted molar refractivity (Wildman–Crippen MR) is 66.1 cm³/mol. The molecule has 1 unspecified atom stereocenters. The molecule has 1 amide bonds. The molecule has 2 N–H and O–H groups in total. The van der Waals surface area contributed by atoms with Crippen LogP contribution in [0.1, 0.15) is 23.2 Å². The van der Waals surface area contributed by atoms with E-state index in [1.54, 1.807) is 0 Å². The first-order valence-electron chi connectivity index (χ1n) is 6.10. The van der Waals surface area contributed by atoms with Crippen LogP contribution in [0.3, 0.4) is 0 Å². The Morgan fingerprint density at radius 1 is 1.45 bits per heavy atom. The van der Waals surface area contributed by atoms with Crippen molar-refractivity contribution in [3.63, 3.8) is 0 Å².